The Balaban J connectivity index is 2.02. The van der Waals surface area contributed by atoms with Crippen LogP contribution in [0.1, 0.15) is 41.9 Å². The maximum absolute atomic E-state index is 12.2. The lowest BCUT2D eigenvalue weighted by Crippen LogP contribution is -2.38. The molecule has 1 N–H and O–H groups in total. The molecular weight excluding hydrogens is 236 g/mol. The summed E-state index contributed by atoms with van der Waals surface area (Å²) in [5.41, 5.74) is 0. The molecule has 1 saturated carbocycles. The van der Waals surface area contributed by atoms with Gasteiger partial charge in [0.15, 0.2) is 0 Å². The molecule has 2 rings (SSSR count). The van der Waals surface area contributed by atoms with Gasteiger partial charge in [-0.3, -0.25) is 4.79 Å². The summed E-state index contributed by atoms with van der Waals surface area (Å²) in [7, 11) is 3.65. The Morgan fingerprint density at radius 1 is 1.35 bits per heavy atom. The van der Waals surface area contributed by atoms with Gasteiger partial charge in [0.2, 0.25) is 10.1 Å². The Hall–Kier alpha value is -1.17. The standard InChI is InChI=1S/C11H18N4OS/c1-12-11-14-13-9(17-11)10(16)15(2)8-6-4-3-5-7-8/h8H,3-7H2,1-2H3,(H,12,14). The summed E-state index contributed by atoms with van der Waals surface area (Å²) in [5, 5.41) is 11.9. The van der Waals surface area contributed by atoms with Crippen LogP contribution < -0.4 is 5.32 Å². The van der Waals surface area contributed by atoms with E-state index in [1.54, 1.807) is 7.05 Å². The molecule has 1 aromatic heterocycles. The maximum Gasteiger partial charge on any atom is 0.284 e. The third-order valence-corrected chi connectivity index (χ3v) is 4.19. The van der Waals surface area contributed by atoms with Crippen LogP contribution in [0.4, 0.5) is 5.13 Å². The Morgan fingerprint density at radius 2 is 2.06 bits per heavy atom. The van der Waals surface area contributed by atoms with Gasteiger partial charge in [0, 0.05) is 20.1 Å². The molecule has 17 heavy (non-hydrogen) atoms. The zero-order valence-electron chi connectivity index (χ0n) is 10.3. The topological polar surface area (TPSA) is 58.1 Å². The van der Waals surface area contributed by atoms with Crippen LogP contribution in [-0.4, -0.2) is 41.1 Å². The molecule has 94 valence electrons. The lowest BCUT2D eigenvalue weighted by Gasteiger charge is -2.30. The van der Waals surface area contributed by atoms with Gasteiger partial charge in [0.25, 0.3) is 5.91 Å². The van der Waals surface area contributed by atoms with Crippen LogP contribution in [0.25, 0.3) is 0 Å². The summed E-state index contributed by atoms with van der Waals surface area (Å²) in [6, 6.07) is 0.373. The third-order valence-electron chi connectivity index (χ3n) is 3.26. The second-order valence-electron chi connectivity index (χ2n) is 4.37. The highest BCUT2D eigenvalue weighted by molar-refractivity contribution is 7.17. The van der Waals surface area contributed by atoms with Crippen LogP contribution in [0, 0.1) is 0 Å². The molecule has 1 amide bonds. The first-order valence-corrected chi connectivity index (χ1v) is 6.82. The Bertz CT molecular complexity index is 387. The van der Waals surface area contributed by atoms with Crippen molar-refractivity contribution in [2.75, 3.05) is 19.4 Å². The molecule has 1 aliphatic rings. The van der Waals surface area contributed by atoms with E-state index in [0.29, 0.717) is 16.2 Å². The van der Waals surface area contributed by atoms with E-state index in [4.69, 9.17) is 0 Å². The highest BCUT2D eigenvalue weighted by Crippen LogP contribution is 2.24. The first kappa shape index (κ1) is 12.3. The number of carbonyl (C=O) groups excluding carboxylic acids is 1. The predicted octanol–water partition coefficient (Wildman–Crippen LogP) is 1.98. The first-order valence-electron chi connectivity index (χ1n) is 6.01. The normalized spacial score (nSPS) is 16.8. The molecular formula is C11H18N4OS. The van der Waals surface area contributed by atoms with Crippen LogP contribution in [-0.2, 0) is 0 Å². The molecule has 5 nitrogen and oxygen atoms in total. The molecule has 0 unspecified atom stereocenters. The van der Waals surface area contributed by atoms with E-state index < -0.39 is 0 Å². The SMILES string of the molecule is CNc1nnc(C(=O)N(C)C2CCCCC2)s1. The number of hydrogen-bond donors (Lipinski definition) is 1. The van der Waals surface area contributed by atoms with Crippen molar-refractivity contribution < 1.29 is 4.79 Å². The minimum atomic E-state index is -0.00380. The van der Waals surface area contributed by atoms with Gasteiger partial charge in [-0.05, 0) is 12.8 Å². The number of anilines is 1. The Kier molecular flexibility index (Phi) is 3.93. The van der Waals surface area contributed by atoms with Crippen molar-refractivity contribution in [2.45, 2.75) is 38.1 Å². The second-order valence-corrected chi connectivity index (χ2v) is 5.35. The summed E-state index contributed by atoms with van der Waals surface area (Å²) in [4.78, 5) is 14.0. The van der Waals surface area contributed by atoms with E-state index in [-0.39, 0.29) is 5.91 Å². The molecule has 6 heteroatoms. The molecule has 0 aromatic carbocycles. The molecule has 0 saturated heterocycles. The molecule has 0 bridgehead atoms. The monoisotopic (exact) mass is 254 g/mol. The van der Waals surface area contributed by atoms with Crippen molar-refractivity contribution in [3.63, 3.8) is 0 Å². The van der Waals surface area contributed by atoms with Crippen LogP contribution in [0.5, 0.6) is 0 Å². The molecule has 0 radical (unpaired) electrons. The smallest absolute Gasteiger partial charge is 0.284 e. The van der Waals surface area contributed by atoms with Gasteiger partial charge in [-0.25, -0.2) is 0 Å². The largest absolute Gasteiger partial charge is 0.363 e. The van der Waals surface area contributed by atoms with Gasteiger partial charge in [-0.15, -0.1) is 10.2 Å². The number of rotatable bonds is 3. The number of carbonyl (C=O) groups is 1. The summed E-state index contributed by atoms with van der Waals surface area (Å²) in [6.07, 6.45) is 5.96. The number of hydrogen-bond acceptors (Lipinski definition) is 5. The highest BCUT2D eigenvalue weighted by atomic mass is 32.1. The van der Waals surface area contributed by atoms with Crippen LogP contribution in [0.15, 0.2) is 0 Å². The van der Waals surface area contributed by atoms with Gasteiger partial charge >= 0.3 is 0 Å². The van der Waals surface area contributed by atoms with Crippen LogP contribution in [0.2, 0.25) is 0 Å². The number of amides is 1. The average Bonchev–Trinajstić information content (AvgIpc) is 2.87. The minimum Gasteiger partial charge on any atom is -0.363 e. The first-order chi connectivity index (χ1) is 8.22. The fourth-order valence-electron chi connectivity index (χ4n) is 2.20. The molecule has 1 aromatic rings. The van der Waals surface area contributed by atoms with Crippen molar-refractivity contribution >= 4 is 22.4 Å². The third kappa shape index (κ3) is 2.74. The van der Waals surface area contributed by atoms with Crippen molar-refractivity contribution in [3.05, 3.63) is 5.01 Å². The summed E-state index contributed by atoms with van der Waals surface area (Å²) < 4.78 is 0. The molecule has 1 heterocycles. The minimum absolute atomic E-state index is 0.00380. The predicted molar refractivity (Wildman–Crippen MR) is 68.4 cm³/mol. The number of nitrogens with zero attached hydrogens (tertiary/aromatic N) is 3. The fraction of sp³-hybridized carbons (Fsp3) is 0.727. The zero-order chi connectivity index (χ0) is 12.3. The highest BCUT2D eigenvalue weighted by Gasteiger charge is 2.25. The van der Waals surface area contributed by atoms with Gasteiger partial charge < -0.3 is 10.2 Å². The van der Waals surface area contributed by atoms with Gasteiger partial charge in [-0.2, -0.15) is 0 Å². The van der Waals surface area contributed by atoms with E-state index in [2.05, 4.69) is 15.5 Å². The molecule has 1 fully saturated rings. The van der Waals surface area contributed by atoms with Crippen molar-refractivity contribution in [1.82, 2.24) is 15.1 Å². The maximum atomic E-state index is 12.2. The molecule has 0 atom stereocenters. The van der Waals surface area contributed by atoms with E-state index in [9.17, 15) is 4.79 Å². The van der Waals surface area contributed by atoms with Gasteiger partial charge in [0.05, 0.1) is 0 Å². The van der Waals surface area contributed by atoms with Gasteiger partial charge in [-0.1, -0.05) is 30.6 Å². The summed E-state index contributed by atoms with van der Waals surface area (Å²) >= 11 is 1.31. The van der Waals surface area contributed by atoms with E-state index >= 15 is 0 Å². The number of nitrogens with one attached hydrogen (secondary N) is 1. The van der Waals surface area contributed by atoms with E-state index in [1.165, 1.54) is 30.6 Å². The Labute approximate surface area is 105 Å². The quantitative estimate of drug-likeness (QED) is 0.896. The van der Waals surface area contributed by atoms with Crippen molar-refractivity contribution in [3.8, 4) is 0 Å². The van der Waals surface area contributed by atoms with E-state index in [1.807, 2.05) is 11.9 Å². The molecule has 0 spiro atoms. The molecule has 1 aliphatic carbocycles. The second kappa shape index (κ2) is 5.44. The van der Waals surface area contributed by atoms with Crippen molar-refractivity contribution in [2.24, 2.45) is 0 Å². The van der Waals surface area contributed by atoms with Crippen molar-refractivity contribution in [1.29, 1.82) is 0 Å². The summed E-state index contributed by atoms with van der Waals surface area (Å²) in [6.45, 7) is 0. The lowest BCUT2D eigenvalue weighted by molar-refractivity contribution is 0.0695. The molecule has 0 aliphatic heterocycles. The van der Waals surface area contributed by atoms with Crippen LogP contribution in [0.3, 0.4) is 0 Å². The average molecular weight is 254 g/mol. The zero-order valence-corrected chi connectivity index (χ0v) is 11.1. The fourth-order valence-corrected chi connectivity index (χ4v) is 2.88. The van der Waals surface area contributed by atoms with Gasteiger partial charge in [0.1, 0.15) is 0 Å². The number of aromatic nitrogens is 2. The Morgan fingerprint density at radius 3 is 2.65 bits per heavy atom. The van der Waals surface area contributed by atoms with E-state index in [0.717, 1.165) is 12.8 Å². The lowest BCUT2D eigenvalue weighted by atomic mass is 9.94. The van der Waals surface area contributed by atoms with Crippen LogP contribution >= 0.6 is 11.3 Å². The summed E-state index contributed by atoms with van der Waals surface area (Å²) in [5.74, 6) is -0.00380.